The molecule has 0 aromatic carbocycles. The van der Waals surface area contributed by atoms with Gasteiger partial charge < -0.3 is 10.1 Å². The zero-order valence-electron chi connectivity index (χ0n) is 6.58. The van der Waals surface area contributed by atoms with E-state index in [1.54, 1.807) is 0 Å². The molecule has 0 aromatic heterocycles. The highest BCUT2D eigenvalue weighted by Crippen LogP contribution is 2.12. The van der Waals surface area contributed by atoms with Crippen molar-refractivity contribution in [3.63, 3.8) is 0 Å². The van der Waals surface area contributed by atoms with Gasteiger partial charge in [0.25, 0.3) is 0 Å². The van der Waals surface area contributed by atoms with Crippen molar-refractivity contribution in [3.05, 3.63) is 10.4 Å². The molecule has 0 radical (unpaired) electrons. The van der Waals surface area contributed by atoms with Gasteiger partial charge in [-0.1, -0.05) is 5.11 Å². The van der Waals surface area contributed by atoms with E-state index in [0.29, 0.717) is 13.2 Å². The normalized spacial score (nSPS) is 31.0. The summed E-state index contributed by atoms with van der Waals surface area (Å²) in [4.78, 5) is 2.69. The smallest absolute Gasteiger partial charge is 0.0835 e. The number of nitrogens with zero attached hydrogens (tertiary/aromatic N) is 3. The SMILES string of the molecule is CC1(CN=[N+]=[N-])CNCCO1. The molecular formula is C6H12N4O. The van der Waals surface area contributed by atoms with Crippen molar-refractivity contribution >= 4 is 0 Å². The fourth-order valence-electron chi connectivity index (χ4n) is 1.06. The van der Waals surface area contributed by atoms with Gasteiger partial charge in [0.2, 0.25) is 0 Å². The van der Waals surface area contributed by atoms with Crippen LogP contribution in [0.25, 0.3) is 10.4 Å². The average molecular weight is 156 g/mol. The van der Waals surface area contributed by atoms with E-state index in [2.05, 4.69) is 15.3 Å². The number of nitrogens with one attached hydrogen (secondary N) is 1. The Kier molecular flexibility index (Phi) is 2.70. The molecule has 0 saturated carbocycles. The Bertz CT molecular complexity index is 169. The summed E-state index contributed by atoms with van der Waals surface area (Å²) in [6.45, 7) is 4.67. The molecule has 1 aliphatic rings. The minimum atomic E-state index is -0.301. The summed E-state index contributed by atoms with van der Waals surface area (Å²) in [6, 6.07) is 0. The van der Waals surface area contributed by atoms with Gasteiger partial charge in [-0.25, -0.2) is 0 Å². The van der Waals surface area contributed by atoms with E-state index in [1.165, 1.54) is 0 Å². The Labute approximate surface area is 65.4 Å². The molecule has 0 bridgehead atoms. The van der Waals surface area contributed by atoms with E-state index in [-0.39, 0.29) is 5.60 Å². The number of azide groups is 1. The summed E-state index contributed by atoms with van der Waals surface area (Å²) >= 11 is 0. The van der Waals surface area contributed by atoms with Crippen LogP contribution in [0.3, 0.4) is 0 Å². The average Bonchev–Trinajstić information content (AvgIpc) is 2.03. The minimum absolute atomic E-state index is 0.301. The van der Waals surface area contributed by atoms with Crippen LogP contribution < -0.4 is 5.32 Å². The van der Waals surface area contributed by atoms with Crippen molar-refractivity contribution in [2.75, 3.05) is 26.2 Å². The predicted octanol–water partition coefficient (Wildman–Crippen LogP) is 0.675. The summed E-state index contributed by atoms with van der Waals surface area (Å²) < 4.78 is 5.44. The Morgan fingerprint density at radius 1 is 1.82 bits per heavy atom. The highest BCUT2D eigenvalue weighted by Gasteiger charge is 2.26. The maximum Gasteiger partial charge on any atom is 0.0835 e. The molecule has 5 heteroatoms. The lowest BCUT2D eigenvalue weighted by Gasteiger charge is -2.32. The first-order valence-electron chi connectivity index (χ1n) is 3.62. The summed E-state index contributed by atoms with van der Waals surface area (Å²) in [5.74, 6) is 0. The van der Waals surface area contributed by atoms with Gasteiger partial charge in [0.05, 0.1) is 18.8 Å². The molecule has 0 amide bonds. The van der Waals surface area contributed by atoms with E-state index >= 15 is 0 Å². The predicted molar refractivity (Wildman–Crippen MR) is 41.2 cm³/mol. The van der Waals surface area contributed by atoms with Crippen LogP contribution in [-0.2, 0) is 4.74 Å². The van der Waals surface area contributed by atoms with Gasteiger partial charge in [-0.05, 0) is 12.5 Å². The van der Waals surface area contributed by atoms with E-state index in [9.17, 15) is 0 Å². The lowest BCUT2D eigenvalue weighted by Crippen LogP contribution is -2.49. The van der Waals surface area contributed by atoms with Gasteiger partial charge >= 0.3 is 0 Å². The molecule has 62 valence electrons. The van der Waals surface area contributed by atoms with Gasteiger partial charge in [0, 0.05) is 18.0 Å². The second kappa shape index (κ2) is 3.57. The summed E-state index contributed by atoms with van der Waals surface area (Å²) in [6.07, 6.45) is 0. The fourth-order valence-corrected chi connectivity index (χ4v) is 1.06. The van der Waals surface area contributed by atoms with Crippen molar-refractivity contribution in [1.29, 1.82) is 0 Å². The molecule has 1 aliphatic heterocycles. The lowest BCUT2D eigenvalue weighted by molar-refractivity contribution is -0.0452. The van der Waals surface area contributed by atoms with E-state index < -0.39 is 0 Å². The number of ether oxygens (including phenoxy) is 1. The Balaban J connectivity index is 2.42. The van der Waals surface area contributed by atoms with Gasteiger partial charge in [0.15, 0.2) is 0 Å². The second-order valence-electron chi connectivity index (χ2n) is 2.86. The van der Waals surface area contributed by atoms with Gasteiger partial charge in [-0.15, -0.1) is 0 Å². The molecule has 1 fully saturated rings. The number of hydrogen-bond donors (Lipinski definition) is 1. The molecule has 5 nitrogen and oxygen atoms in total. The molecule has 1 rings (SSSR count). The molecule has 0 spiro atoms. The molecular weight excluding hydrogens is 144 g/mol. The first-order chi connectivity index (χ1) is 5.27. The number of hydrogen-bond acceptors (Lipinski definition) is 3. The number of rotatable bonds is 2. The quantitative estimate of drug-likeness (QED) is 0.362. The zero-order chi connectivity index (χ0) is 8.16. The van der Waals surface area contributed by atoms with Crippen LogP contribution in [0.15, 0.2) is 5.11 Å². The summed E-state index contributed by atoms with van der Waals surface area (Å²) in [7, 11) is 0. The summed E-state index contributed by atoms with van der Waals surface area (Å²) in [5, 5.41) is 6.66. The largest absolute Gasteiger partial charge is 0.373 e. The maximum absolute atomic E-state index is 8.09. The lowest BCUT2D eigenvalue weighted by atomic mass is 10.1. The van der Waals surface area contributed by atoms with E-state index in [0.717, 1.165) is 13.1 Å². The first kappa shape index (κ1) is 8.33. The molecule has 1 unspecified atom stereocenters. The Morgan fingerprint density at radius 2 is 2.64 bits per heavy atom. The first-order valence-corrected chi connectivity index (χ1v) is 3.62. The van der Waals surface area contributed by atoms with Gasteiger partial charge in [-0.3, -0.25) is 0 Å². The highest BCUT2D eigenvalue weighted by molar-refractivity contribution is 4.83. The van der Waals surface area contributed by atoms with Crippen molar-refractivity contribution in [2.24, 2.45) is 5.11 Å². The third-order valence-electron chi connectivity index (χ3n) is 1.70. The van der Waals surface area contributed by atoms with Crippen molar-refractivity contribution in [1.82, 2.24) is 5.32 Å². The Morgan fingerprint density at radius 3 is 3.18 bits per heavy atom. The molecule has 11 heavy (non-hydrogen) atoms. The standard InChI is InChI=1S/C6H12N4O/c1-6(5-9-10-7)4-8-2-3-11-6/h8H,2-5H2,1H3. The fraction of sp³-hybridized carbons (Fsp3) is 1.00. The van der Waals surface area contributed by atoms with Crippen LogP contribution in [0.1, 0.15) is 6.92 Å². The topological polar surface area (TPSA) is 70.0 Å². The van der Waals surface area contributed by atoms with Crippen LogP contribution in [-0.4, -0.2) is 31.8 Å². The van der Waals surface area contributed by atoms with E-state index in [1.807, 2.05) is 6.92 Å². The van der Waals surface area contributed by atoms with Crippen molar-refractivity contribution in [3.8, 4) is 0 Å². The molecule has 0 aliphatic carbocycles. The Hall–Kier alpha value is -0.770. The van der Waals surface area contributed by atoms with Crippen LogP contribution >= 0.6 is 0 Å². The van der Waals surface area contributed by atoms with Gasteiger partial charge in [0.1, 0.15) is 0 Å². The number of morpholine rings is 1. The van der Waals surface area contributed by atoms with Crippen molar-refractivity contribution < 1.29 is 4.74 Å². The molecule has 1 N–H and O–H groups in total. The highest BCUT2D eigenvalue weighted by atomic mass is 16.5. The van der Waals surface area contributed by atoms with Crippen LogP contribution in [0.5, 0.6) is 0 Å². The summed E-state index contributed by atoms with van der Waals surface area (Å²) in [5.41, 5.74) is 7.79. The molecule has 1 atom stereocenters. The third-order valence-corrected chi connectivity index (χ3v) is 1.70. The van der Waals surface area contributed by atoms with Crippen molar-refractivity contribution in [2.45, 2.75) is 12.5 Å². The van der Waals surface area contributed by atoms with Crippen LogP contribution in [0.2, 0.25) is 0 Å². The monoisotopic (exact) mass is 156 g/mol. The van der Waals surface area contributed by atoms with E-state index in [4.69, 9.17) is 10.3 Å². The minimum Gasteiger partial charge on any atom is -0.373 e. The van der Waals surface area contributed by atoms with Crippen LogP contribution in [0.4, 0.5) is 0 Å². The zero-order valence-corrected chi connectivity index (χ0v) is 6.58. The molecule has 1 saturated heterocycles. The molecule has 0 aromatic rings. The molecule has 1 heterocycles. The van der Waals surface area contributed by atoms with Crippen LogP contribution in [0, 0.1) is 0 Å². The maximum atomic E-state index is 8.09. The third kappa shape index (κ3) is 2.38. The second-order valence-corrected chi connectivity index (χ2v) is 2.86. The van der Waals surface area contributed by atoms with Gasteiger partial charge in [-0.2, -0.15) is 0 Å².